The molecule has 3 heterocycles. The molecule has 30 heavy (non-hydrogen) atoms. The third-order valence-corrected chi connectivity index (χ3v) is 6.98. The van der Waals surface area contributed by atoms with Crippen molar-refractivity contribution >= 4 is 44.9 Å². The van der Waals surface area contributed by atoms with Gasteiger partial charge < -0.3 is 9.88 Å². The molecule has 1 amide bonds. The number of amides is 1. The van der Waals surface area contributed by atoms with Crippen LogP contribution in [0.15, 0.2) is 69.9 Å². The highest BCUT2D eigenvalue weighted by Crippen LogP contribution is 2.32. The van der Waals surface area contributed by atoms with Crippen LogP contribution in [0.1, 0.15) is 12.0 Å². The van der Waals surface area contributed by atoms with Crippen molar-refractivity contribution in [3.05, 3.63) is 75.9 Å². The van der Waals surface area contributed by atoms with Crippen LogP contribution in [0.5, 0.6) is 0 Å². The van der Waals surface area contributed by atoms with Crippen molar-refractivity contribution in [2.75, 3.05) is 17.2 Å². The summed E-state index contributed by atoms with van der Waals surface area (Å²) in [4.78, 5) is 35.6. The monoisotopic (exact) mass is 433 g/mol. The second-order valence-electron chi connectivity index (χ2n) is 7.13. The van der Waals surface area contributed by atoms with Crippen molar-refractivity contribution in [3.63, 3.8) is 0 Å². The quantitative estimate of drug-likeness (QED) is 0.373. The zero-order valence-electron chi connectivity index (χ0n) is 16.1. The SMILES string of the molecule is O=C(CSc1nc2scc(-c3ccccc3)c2c(=O)[nH]1)N1CCCc2ccccc21. The first-order chi connectivity index (χ1) is 14.7. The van der Waals surface area contributed by atoms with Crippen molar-refractivity contribution in [2.24, 2.45) is 0 Å². The Kier molecular flexibility index (Phi) is 5.14. The van der Waals surface area contributed by atoms with E-state index in [1.54, 1.807) is 0 Å². The van der Waals surface area contributed by atoms with Crippen molar-refractivity contribution in [1.29, 1.82) is 0 Å². The maximum Gasteiger partial charge on any atom is 0.260 e. The lowest BCUT2D eigenvalue weighted by Crippen LogP contribution is -2.36. The number of nitrogens with one attached hydrogen (secondary N) is 1. The molecule has 0 radical (unpaired) electrons. The molecule has 2 aromatic heterocycles. The molecule has 5 nitrogen and oxygen atoms in total. The topological polar surface area (TPSA) is 66.1 Å². The summed E-state index contributed by atoms with van der Waals surface area (Å²) in [5, 5.41) is 3.05. The van der Waals surface area contributed by atoms with Crippen LogP contribution in [0.25, 0.3) is 21.3 Å². The molecule has 150 valence electrons. The van der Waals surface area contributed by atoms with E-state index in [-0.39, 0.29) is 17.2 Å². The molecule has 0 aliphatic carbocycles. The molecule has 0 bridgehead atoms. The summed E-state index contributed by atoms with van der Waals surface area (Å²) < 4.78 is 0. The molecule has 1 aliphatic rings. The Morgan fingerprint density at radius 3 is 2.80 bits per heavy atom. The molecule has 5 rings (SSSR count). The molecule has 2 aromatic carbocycles. The predicted octanol–water partition coefficient (Wildman–Crippen LogP) is 4.72. The molecular weight excluding hydrogens is 414 g/mol. The summed E-state index contributed by atoms with van der Waals surface area (Å²) in [5.74, 6) is 0.269. The molecule has 0 unspecified atom stereocenters. The highest BCUT2D eigenvalue weighted by Gasteiger charge is 2.22. The second-order valence-corrected chi connectivity index (χ2v) is 8.96. The van der Waals surface area contributed by atoms with Crippen LogP contribution in [0, 0.1) is 0 Å². The van der Waals surface area contributed by atoms with E-state index in [4.69, 9.17) is 0 Å². The van der Waals surface area contributed by atoms with Crippen molar-refractivity contribution < 1.29 is 4.79 Å². The van der Waals surface area contributed by atoms with Gasteiger partial charge in [0.1, 0.15) is 4.83 Å². The van der Waals surface area contributed by atoms with Crippen LogP contribution in [0.2, 0.25) is 0 Å². The van der Waals surface area contributed by atoms with Crippen LogP contribution in [-0.4, -0.2) is 28.2 Å². The van der Waals surface area contributed by atoms with E-state index >= 15 is 0 Å². The minimum absolute atomic E-state index is 0.0334. The summed E-state index contributed by atoms with van der Waals surface area (Å²) in [6.07, 6.45) is 1.96. The number of thioether (sulfide) groups is 1. The molecule has 4 aromatic rings. The summed E-state index contributed by atoms with van der Waals surface area (Å²) >= 11 is 2.73. The highest BCUT2D eigenvalue weighted by atomic mass is 32.2. The molecule has 0 fully saturated rings. The number of aromatic amines is 1. The fraction of sp³-hybridized carbons (Fsp3) is 0.174. The summed E-state index contributed by atoms with van der Waals surface area (Å²) in [6, 6.07) is 17.9. The van der Waals surface area contributed by atoms with Gasteiger partial charge in [-0.05, 0) is 30.0 Å². The molecule has 0 atom stereocenters. The molecular formula is C23H19N3O2S2. The number of hydrogen-bond acceptors (Lipinski definition) is 5. The first-order valence-corrected chi connectivity index (χ1v) is 11.7. The largest absolute Gasteiger partial charge is 0.311 e. The number of carbonyl (C=O) groups excluding carboxylic acids is 1. The Morgan fingerprint density at radius 1 is 1.13 bits per heavy atom. The minimum Gasteiger partial charge on any atom is -0.311 e. The summed E-state index contributed by atoms with van der Waals surface area (Å²) in [6.45, 7) is 0.727. The standard InChI is InChI=1S/C23H19N3O2S2/c27-19(26-12-6-10-16-9-4-5-11-18(16)26)14-30-23-24-21(28)20-17(13-29-22(20)25-23)15-7-2-1-3-8-15/h1-5,7-9,11,13H,6,10,12,14H2,(H,24,25,28). The van der Waals surface area contributed by atoms with Crippen molar-refractivity contribution in [1.82, 2.24) is 9.97 Å². The Hall–Kier alpha value is -2.90. The molecule has 7 heteroatoms. The second kappa shape index (κ2) is 8.08. The highest BCUT2D eigenvalue weighted by molar-refractivity contribution is 7.99. The van der Waals surface area contributed by atoms with E-state index in [1.165, 1.54) is 28.7 Å². The van der Waals surface area contributed by atoms with Crippen molar-refractivity contribution in [2.45, 2.75) is 18.0 Å². The van der Waals surface area contributed by atoms with Gasteiger partial charge in [-0.2, -0.15) is 0 Å². The number of hydrogen-bond donors (Lipinski definition) is 1. The Bertz CT molecular complexity index is 1280. The lowest BCUT2D eigenvalue weighted by molar-refractivity contribution is -0.116. The average molecular weight is 434 g/mol. The number of anilines is 1. The van der Waals surface area contributed by atoms with E-state index in [0.717, 1.165) is 36.2 Å². The predicted molar refractivity (Wildman–Crippen MR) is 124 cm³/mol. The third-order valence-electron chi connectivity index (χ3n) is 5.25. The number of thiophene rings is 1. The van der Waals surface area contributed by atoms with Crippen molar-refractivity contribution in [3.8, 4) is 11.1 Å². The Labute approximate surface area is 181 Å². The van der Waals surface area contributed by atoms with Gasteiger partial charge in [0, 0.05) is 23.2 Å². The average Bonchev–Trinajstić information content (AvgIpc) is 3.22. The minimum atomic E-state index is -0.168. The summed E-state index contributed by atoms with van der Waals surface area (Å²) in [5.41, 5.74) is 3.93. The first-order valence-electron chi connectivity index (χ1n) is 9.79. The van der Waals surface area contributed by atoms with Gasteiger partial charge in [0.2, 0.25) is 5.91 Å². The smallest absolute Gasteiger partial charge is 0.260 e. The van der Waals surface area contributed by atoms with Gasteiger partial charge >= 0.3 is 0 Å². The van der Waals surface area contributed by atoms with Crippen LogP contribution in [0.3, 0.4) is 0 Å². The van der Waals surface area contributed by atoms with Gasteiger partial charge in [0.05, 0.1) is 11.1 Å². The maximum atomic E-state index is 12.9. The van der Waals surface area contributed by atoms with Crippen LogP contribution in [0.4, 0.5) is 5.69 Å². The summed E-state index contributed by atoms with van der Waals surface area (Å²) in [7, 11) is 0. The number of nitrogens with zero attached hydrogens (tertiary/aromatic N) is 2. The molecule has 1 aliphatic heterocycles. The van der Waals surface area contributed by atoms with Gasteiger partial charge in [-0.15, -0.1) is 11.3 Å². The Balaban J connectivity index is 1.37. The number of para-hydroxylation sites is 1. The van der Waals surface area contributed by atoms with E-state index in [1.807, 2.05) is 58.8 Å². The molecule has 1 N–H and O–H groups in total. The molecule has 0 saturated carbocycles. The third kappa shape index (κ3) is 3.55. The van der Waals surface area contributed by atoms with Gasteiger partial charge in [0.15, 0.2) is 5.16 Å². The maximum absolute atomic E-state index is 12.9. The van der Waals surface area contributed by atoms with Gasteiger partial charge in [-0.3, -0.25) is 9.59 Å². The van der Waals surface area contributed by atoms with E-state index in [9.17, 15) is 9.59 Å². The molecule has 0 spiro atoms. The van der Waals surface area contributed by atoms with Gasteiger partial charge in [0.25, 0.3) is 5.56 Å². The first kappa shape index (κ1) is 19.1. The number of benzene rings is 2. The van der Waals surface area contributed by atoms with Crippen LogP contribution >= 0.6 is 23.1 Å². The van der Waals surface area contributed by atoms with Gasteiger partial charge in [-0.25, -0.2) is 4.98 Å². The van der Waals surface area contributed by atoms with Crippen LogP contribution < -0.4 is 10.5 Å². The van der Waals surface area contributed by atoms with Crippen LogP contribution in [-0.2, 0) is 11.2 Å². The van der Waals surface area contributed by atoms with E-state index < -0.39 is 0 Å². The molecule has 0 saturated heterocycles. The lowest BCUT2D eigenvalue weighted by Gasteiger charge is -2.29. The normalized spacial score (nSPS) is 13.4. The number of aryl methyl sites for hydroxylation is 1. The van der Waals surface area contributed by atoms with Gasteiger partial charge in [-0.1, -0.05) is 60.3 Å². The number of rotatable bonds is 4. The zero-order chi connectivity index (χ0) is 20.5. The van der Waals surface area contributed by atoms with E-state index in [0.29, 0.717) is 15.4 Å². The Morgan fingerprint density at radius 2 is 1.93 bits per heavy atom. The zero-order valence-corrected chi connectivity index (χ0v) is 17.8. The lowest BCUT2D eigenvalue weighted by atomic mass is 10.0. The number of fused-ring (bicyclic) bond motifs is 2. The number of carbonyl (C=O) groups is 1. The number of H-pyrrole nitrogens is 1. The number of aromatic nitrogens is 2. The fourth-order valence-electron chi connectivity index (χ4n) is 3.83. The van der Waals surface area contributed by atoms with E-state index in [2.05, 4.69) is 16.0 Å². The fourth-order valence-corrected chi connectivity index (χ4v) is 5.57.